The number of benzene rings is 2. The number of methoxy groups -OCH3 is 1. The largest absolute Gasteiger partial charge is 0.497 e. The number of ether oxygens (including phenoxy) is 1. The van der Waals surface area contributed by atoms with Gasteiger partial charge >= 0.3 is 0 Å². The Morgan fingerprint density at radius 3 is 2.69 bits per heavy atom. The van der Waals surface area contributed by atoms with Crippen molar-refractivity contribution in [2.75, 3.05) is 12.4 Å². The van der Waals surface area contributed by atoms with Crippen LogP contribution in [0.25, 0.3) is 27.0 Å². The minimum absolute atomic E-state index is 0.188. The van der Waals surface area contributed by atoms with Gasteiger partial charge in [-0.25, -0.2) is 9.97 Å². The third kappa shape index (κ3) is 4.17. The summed E-state index contributed by atoms with van der Waals surface area (Å²) in [7, 11) is 1.62. The van der Waals surface area contributed by atoms with E-state index in [-0.39, 0.29) is 5.91 Å². The summed E-state index contributed by atoms with van der Waals surface area (Å²) in [5, 5.41) is 3.85. The molecule has 0 atom stereocenters. The molecule has 4 aromatic rings. The summed E-state index contributed by atoms with van der Waals surface area (Å²) >= 11 is 1.54. The normalized spacial score (nSPS) is 11.1. The van der Waals surface area contributed by atoms with Crippen molar-refractivity contribution in [2.45, 2.75) is 6.92 Å². The number of amides is 1. The summed E-state index contributed by atoms with van der Waals surface area (Å²) in [6, 6.07) is 17.2. The number of hydrogen-bond donors (Lipinski definition) is 1. The topological polar surface area (TPSA) is 64.1 Å². The van der Waals surface area contributed by atoms with Crippen LogP contribution in [0.2, 0.25) is 0 Å². The number of aromatic nitrogens is 2. The van der Waals surface area contributed by atoms with Crippen molar-refractivity contribution in [2.24, 2.45) is 0 Å². The fourth-order valence-electron chi connectivity index (χ4n) is 2.95. The summed E-state index contributed by atoms with van der Waals surface area (Å²) < 4.78 is 5.14. The van der Waals surface area contributed by atoms with Gasteiger partial charge in [-0.1, -0.05) is 35.6 Å². The molecule has 0 aliphatic heterocycles. The van der Waals surface area contributed by atoms with E-state index in [4.69, 9.17) is 4.74 Å². The van der Waals surface area contributed by atoms with Crippen molar-refractivity contribution < 1.29 is 9.53 Å². The molecule has 1 N–H and O–H groups in total. The highest BCUT2D eigenvalue weighted by Crippen LogP contribution is 2.33. The second-order valence-electron chi connectivity index (χ2n) is 6.42. The second kappa shape index (κ2) is 8.24. The fraction of sp³-hybridized carbons (Fsp3) is 0.0870. The van der Waals surface area contributed by atoms with Crippen molar-refractivity contribution >= 4 is 39.4 Å². The lowest BCUT2D eigenvalue weighted by molar-refractivity contribution is -0.111. The molecule has 144 valence electrons. The Balaban J connectivity index is 1.53. The highest BCUT2D eigenvalue weighted by atomic mass is 32.1. The van der Waals surface area contributed by atoms with E-state index >= 15 is 0 Å². The van der Waals surface area contributed by atoms with Gasteiger partial charge in [0.25, 0.3) is 0 Å². The number of anilines is 1. The number of nitrogens with one attached hydrogen (secondary N) is 1. The maximum Gasteiger partial charge on any atom is 0.248 e. The van der Waals surface area contributed by atoms with E-state index in [0.717, 1.165) is 43.5 Å². The first-order chi connectivity index (χ1) is 14.1. The number of carbonyl (C=O) groups excluding carboxylic acids is 1. The van der Waals surface area contributed by atoms with E-state index in [1.165, 1.54) is 6.08 Å². The Morgan fingerprint density at radius 1 is 1.10 bits per heavy atom. The van der Waals surface area contributed by atoms with Gasteiger partial charge in [0.05, 0.1) is 7.11 Å². The predicted molar refractivity (Wildman–Crippen MR) is 118 cm³/mol. The highest BCUT2D eigenvalue weighted by Gasteiger charge is 2.12. The molecule has 5 nitrogen and oxygen atoms in total. The lowest BCUT2D eigenvalue weighted by Crippen LogP contribution is -2.09. The molecule has 2 aromatic heterocycles. The van der Waals surface area contributed by atoms with Crippen LogP contribution in [-0.2, 0) is 4.79 Å². The quantitative estimate of drug-likeness (QED) is 0.459. The third-order valence-corrected chi connectivity index (χ3v) is 5.54. The first-order valence-electron chi connectivity index (χ1n) is 9.09. The Labute approximate surface area is 172 Å². The van der Waals surface area contributed by atoms with Gasteiger partial charge in [0.2, 0.25) is 5.91 Å². The van der Waals surface area contributed by atoms with Crippen LogP contribution in [0.15, 0.2) is 66.9 Å². The third-order valence-electron chi connectivity index (χ3n) is 4.53. The van der Waals surface area contributed by atoms with Gasteiger partial charge in [-0.15, -0.1) is 0 Å². The first-order valence-corrected chi connectivity index (χ1v) is 9.90. The predicted octanol–water partition coefficient (Wildman–Crippen LogP) is 5.33. The molecule has 0 unspecified atom stereocenters. The van der Waals surface area contributed by atoms with Crippen LogP contribution in [0.3, 0.4) is 0 Å². The van der Waals surface area contributed by atoms with Crippen LogP contribution in [0, 0.1) is 6.92 Å². The molecule has 0 spiro atoms. The van der Waals surface area contributed by atoms with E-state index in [1.807, 2.05) is 61.5 Å². The zero-order valence-corrected chi connectivity index (χ0v) is 16.9. The molecule has 0 aliphatic rings. The Kier molecular flexibility index (Phi) is 5.35. The van der Waals surface area contributed by atoms with Crippen molar-refractivity contribution in [1.82, 2.24) is 9.97 Å². The SMILES string of the molecule is COc1ccc(/C=C/C(=O)Nc2cccc(-c3nc4cccnc4s3)c2C)cc1. The second-order valence-corrected chi connectivity index (χ2v) is 7.40. The smallest absolute Gasteiger partial charge is 0.248 e. The number of pyridine rings is 1. The Bertz CT molecular complexity index is 1160. The fourth-order valence-corrected chi connectivity index (χ4v) is 3.94. The van der Waals surface area contributed by atoms with Crippen molar-refractivity contribution in [3.8, 4) is 16.3 Å². The number of carbonyl (C=O) groups is 1. The van der Waals surface area contributed by atoms with E-state index in [9.17, 15) is 4.79 Å². The number of thiazole rings is 1. The summed E-state index contributed by atoms with van der Waals surface area (Å²) in [5.74, 6) is 0.594. The van der Waals surface area contributed by atoms with Gasteiger partial charge in [-0.3, -0.25) is 4.79 Å². The molecule has 0 saturated heterocycles. The van der Waals surface area contributed by atoms with Crippen LogP contribution < -0.4 is 10.1 Å². The number of fused-ring (bicyclic) bond motifs is 1. The summed E-state index contributed by atoms with van der Waals surface area (Å²) in [6.07, 6.45) is 5.06. The maximum atomic E-state index is 12.4. The number of hydrogen-bond acceptors (Lipinski definition) is 5. The van der Waals surface area contributed by atoms with Gasteiger partial charge in [-0.2, -0.15) is 0 Å². The van der Waals surface area contributed by atoms with Gasteiger partial charge in [0.1, 0.15) is 21.1 Å². The molecular formula is C23H19N3O2S. The molecule has 0 fully saturated rings. The van der Waals surface area contributed by atoms with Crippen LogP contribution >= 0.6 is 11.3 Å². The van der Waals surface area contributed by atoms with Crippen molar-refractivity contribution in [1.29, 1.82) is 0 Å². The Morgan fingerprint density at radius 2 is 1.93 bits per heavy atom. The molecule has 2 aromatic carbocycles. The summed E-state index contributed by atoms with van der Waals surface area (Å²) in [5.41, 5.74) is 4.53. The highest BCUT2D eigenvalue weighted by molar-refractivity contribution is 7.21. The molecule has 29 heavy (non-hydrogen) atoms. The standard InChI is InChI=1S/C23H19N3O2S/c1-15-18(22-26-20-7-4-14-24-23(20)29-22)5-3-6-19(15)25-21(27)13-10-16-8-11-17(28-2)12-9-16/h3-14H,1-2H3,(H,25,27)/b13-10+. The van der Waals surface area contributed by atoms with Crippen LogP contribution in [0.1, 0.15) is 11.1 Å². The minimum atomic E-state index is -0.188. The zero-order valence-electron chi connectivity index (χ0n) is 16.0. The molecule has 4 rings (SSSR count). The number of nitrogens with zero attached hydrogens (tertiary/aromatic N) is 2. The zero-order chi connectivity index (χ0) is 20.2. The molecule has 6 heteroatoms. The van der Waals surface area contributed by atoms with E-state index in [2.05, 4.69) is 15.3 Å². The average molecular weight is 401 g/mol. The van der Waals surface area contributed by atoms with Gasteiger partial charge < -0.3 is 10.1 Å². The molecule has 0 aliphatic carbocycles. The van der Waals surface area contributed by atoms with Crippen LogP contribution in [0.5, 0.6) is 5.75 Å². The van der Waals surface area contributed by atoms with Gasteiger partial charge in [-0.05, 0) is 54.5 Å². The van der Waals surface area contributed by atoms with Crippen molar-refractivity contribution in [3.63, 3.8) is 0 Å². The molecule has 2 heterocycles. The summed E-state index contributed by atoms with van der Waals surface area (Å²) in [6.45, 7) is 1.98. The van der Waals surface area contributed by atoms with Crippen LogP contribution in [-0.4, -0.2) is 23.0 Å². The molecular weight excluding hydrogens is 382 g/mol. The van der Waals surface area contributed by atoms with Gasteiger partial charge in [0.15, 0.2) is 0 Å². The first kappa shape index (κ1) is 18.8. The molecule has 0 radical (unpaired) electrons. The molecule has 0 bridgehead atoms. The molecule has 0 saturated carbocycles. The number of rotatable bonds is 5. The van der Waals surface area contributed by atoms with Crippen molar-refractivity contribution in [3.05, 3.63) is 78.0 Å². The Hall–Kier alpha value is -3.51. The van der Waals surface area contributed by atoms with E-state index in [0.29, 0.717) is 0 Å². The maximum absolute atomic E-state index is 12.4. The van der Waals surface area contributed by atoms with E-state index < -0.39 is 0 Å². The summed E-state index contributed by atoms with van der Waals surface area (Å²) in [4.78, 5) is 22.3. The van der Waals surface area contributed by atoms with E-state index in [1.54, 1.807) is 30.7 Å². The monoisotopic (exact) mass is 401 g/mol. The lowest BCUT2D eigenvalue weighted by Gasteiger charge is -2.10. The molecule has 1 amide bonds. The lowest BCUT2D eigenvalue weighted by atomic mass is 10.1. The van der Waals surface area contributed by atoms with Crippen LogP contribution in [0.4, 0.5) is 5.69 Å². The van der Waals surface area contributed by atoms with Gasteiger partial charge in [0, 0.05) is 23.5 Å². The average Bonchev–Trinajstić information content (AvgIpc) is 3.18. The minimum Gasteiger partial charge on any atom is -0.497 e.